The van der Waals surface area contributed by atoms with Crippen molar-refractivity contribution < 1.29 is 14.9 Å². The summed E-state index contributed by atoms with van der Waals surface area (Å²) in [6, 6.07) is 5.87. The number of hydrogen-bond acceptors (Lipinski definition) is 4. The molecule has 2 atom stereocenters. The zero-order chi connectivity index (χ0) is 14.9. The third kappa shape index (κ3) is 3.52. The number of nitrogens with zero attached hydrogens (tertiary/aromatic N) is 1. The quantitative estimate of drug-likeness (QED) is 0.885. The minimum absolute atomic E-state index is 0.0172. The van der Waals surface area contributed by atoms with E-state index >= 15 is 0 Å². The standard InChI is InChI=1S/C15H22BrNO3/c1-10(19)11-4-5-14(13(16)6-11)17-7-12(8-18)20-15(2,3)9-17/h4-6,10,12,18-19H,7-9H2,1-3H3/t10-,12?/m1/s1. The lowest BCUT2D eigenvalue weighted by atomic mass is 10.0. The van der Waals surface area contributed by atoms with E-state index in [1.54, 1.807) is 6.92 Å². The van der Waals surface area contributed by atoms with Crippen molar-refractivity contribution in [3.05, 3.63) is 28.2 Å². The van der Waals surface area contributed by atoms with Gasteiger partial charge in [0.1, 0.15) is 0 Å². The Morgan fingerprint density at radius 2 is 2.20 bits per heavy atom. The molecule has 1 aromatic rings. The number of benzene rings is 1. The maximum atomic E-state index is 9.63. The van der Waals surface area contributed by atoms with Crippen molar-refractivity contribution in [1.29, 1.82) is 0 Å². The second-order valence-electron chi connectivity index (χ2n) is 5.95. The molecule has 112 valence electrons. The molecule has 0 bridgehead atoms. The summed E-state index contributed by atoms with van der Waals surface area (Å²) in [7, 11) is 0. The molecule has 0 amide bonds. The summed E-state index contributed by atoms with van der Waals surface area (Å²) >= 11 is 3.57. The van der Waals surface area contributed by atoms with Crippen LogP contribution in [0.15, 0.2) is 22.7 Å². The highest BCUT2D eigenvalue weighted by Crippen LogP contribution is 2.33. The molecular formula is C15H22BrNO3. The maximum absolute atomic E-state index is 9.63. The van der Waals surface area contributed by atoms with Crippen molar-refractivity contribution in [1.82, 2.24) is 0 Å². The summed E-state index contributed by atoms with van der Waals surface area (Å²) in [4.78, 5) is 2.21. The number of hydrogen-bond donors (Lipinski definition) is 2. The molecule has 20 heavy (non-hydrogen) atoms. The van der Waals surface area contributed by atoms with Crippen molar-refractivity contribution >= 4 is 21.6 Å². The average molecular weight is 344 g/mol. The Morgan fingerprint density at radius 1 is 1.50 bits per heavy atom. The van der Waals surface area contributed by atoms with Crippen LogP contribution in [0.25, 0.3) is 0 Å². The van der Waals surface area contributed by atoms with Crippen LogP contribution in [0.3, 0.4) is 0 Å². The summed E-state index contributed by atoms with van der Waals surface area (Å²) in [5.74, 6) is 0. The van der Waals surface area contributed by atoms with E-state index in [1.807, 2.05) is 32.0 Å². The van der Waals surface area contributed by atoms with Crippen LogP contribution in [0.5, 0.6) is 0 Å². The van der Waals surface area contributed by atoms with Gasteiger partial charge in [-0.05, 0) is 54.4 Å². The van der Waals surface area contributed by atoms with Gasteiger partial charge in [0.2, 0.25) is 0 Å². The average Bonchev–Trinajstić information content (AvgIpc) is 2.36. The van der Waals surface area contributed by atoms with Gasteiger partial charge in [-0.15, -0.1) is 0 Å². The number of aliphatic hydroxyl groups is 2. The first-order chi connectivity index (χ1) is 9.32. The van der Waals surface area contributed by atoms with Crippen molar-refractivity contribution in [2.24, 2.45) is 0 Å². The number of rotatable bonds is 3. The molecule has 1 unspecified atom stereocenters. The van der Waals surface area contributed by atoms with Crippen LogP contribution in [0, 0.1) is 0 Å². The van der Waals surface area contributed by atoms with E-state index < -0.39 is 6.10 Å². The van der Waals surface area contributed by atoms with Crippen LogP contribution in [-0.4, -0.2) is 41.6 Å². The third-order valence-corrected chi connectivity index (χ3v) is 4.11. The highest BCUT2D eigenvalue weighted by molar-refractivity contribution is 9.10. The predicted molar refractivity (Wildman–Crippen MR) is 83.0 cm³/mol. The highest BCUT2D eigenvalue weighted by atomic mass is 79.9. The minimum atomic E-state index is -0.480. The Morgan fingerprint density at radius 3 is 2.75 bits per heavy atom. The van der Waals surface area contributed by atoms with Gasteiger partial charge in [0, 0.05) is 17.6 Å². The summed E-state index contributed by atoms with van der Waals surface area (Å²) in [6.07, 6.45) is -0.659. The molecule has 0 aliphatic carbocycles. The predicted octanol–water partition coefficient (Wildman–Crippen LogP) is 2.48. The van der Waals surface area contributed by atoms with Gasteiger partial charge in [-0.3, -0.25) is 0 Å². The first-order valence-corrected chi connectivity index (χ1v) is 7.63. The first-order valence-electron chi connectivity index (χ1n) is 6.83. The molecule has 0 spiro atoms. The van der Waals surface area contributed by atoms with E-state index in [0.717, 1.165) is 22.3 Å². The molecule has 1 aliphatic rings. The van der Waals surface area contributed by atoms with Crippen molar-refractivity contribution in [3.8, 4) is 0 Å². The van der Waals surface area contributed by atoms with Gasteiger partial charge in [0.25, 0.3) is 0 Å². The molecule has 2 rings (SSSR count). The lowest BCUT2D eigenvalue weighted by Crippen LogP contribution is -2.54. The smallest absolute Gasteiger partial charge is 0.0988 e. The van der Waals surface area contributed by atoms with Gasteiger partial charge >= 0.3 is 0 Å². The number of halogens is 1. The molecule has 4 nitrogen and oxygen atoms in total. The lowest BCUT2D eigenvalue weighted by Gasteiger charge is -2.43. The van der Waals surface area contributed by atoms with E-state index in [2.05, 4.69) is 20.8 Å². The number of ether oxygens (including phenoxy) is 1. The second kappa shape index (κ2) is 6.02. The van der Waals surface area contributed by atoms with Gasteiger partial charge in [-0.1, -0.05) is 6.07 Å². The summed E-state index contributed by atoms with van der Waals surface area (Å²) in [6.45, 7) is 7.24. The zero-order valence-electron chi connectivity index (χ0n) is 12.1. The summed E-state index contributed by atoms with van der Waals surface area (Å²) < 4.78 is 6.78. The molecule has 2 N–H and O–H groups in total. The molecule has 5 heteroatoms. The van der Waals surface area contributed by atoms with E-state index in [4.69, 9.17) is 4.74 Å². The monoisotopic (exact) mass is 343 g/mol. The van der Waals surface area contributed by atoms with Crippen LogP contribution in [0.1, 0.15) is 32.4 Å². The van der Waals surface area contributed by atoms with Gasteiger partial charge in [-0.25, -0.2) is 0 Å². The Kier molecular flexibility index (Phi) is 4.74. The topological polar surface area (TPSA) is 52.9 Å². The largest absolute Gasteiger partial charge is 0.394 e. The van der Waals surface area contributed by atoms with Crippen molar-refractivity contribution in [3.63, 3.8) is 0 Å². The van der Waals surface area contributed by atoms with Gasteiger partial charge < -0.3 is 19.8 Å². The molecule has 1 aliphatic heterocycles. The maximum Gasteiger partial charge on any atom is 0.0988 e. The SMILES string of the molecule is C[C@@H](O)c1ccc(N2CC(CO)OC(C)(C)C2)c(Br)c1. The van der Waals surface area contributed by atoms with Gasteiger partial charge in [0.15, 0.2) is 0 Å². The number of aliphatic hydroxyl groups excluding tert-OH is 2. The van der Waals surface area contributed by atoms with Crippen molar-refractivity contribution in [2.75, 3.05) is 24.6 Å². The van der Waals surface area contributed by atoms with E-state index in [0.29, 0.717) is 6.54 Å². The Balaban J connectivity index is 2.26. The zero-order valence-corrected chi connectivity index (χ0v) is 13.7. The minimum Gasteiger partial charge on any atom is -0.394 e. The molecule has 1 heterocycles. The fraction of sp³-hybridized carbons (Fsp3) is 0.600. The fourth-order valence-electron chi connectivity index (χ4n) is 2.61. The Hall–Kier alpha value is -0.620. The third-order valence-electron chi connectivity index (χ3n) is 3.48. The van der Waals surface area contributed by atoms with Crippen molar-refractivity contribution in [2.45, 2.75) is 38.6 Å². The Labute approximate surface area is 128 Å². The van der Waals surface area contributed by atoms with Gasteiger partial charge in [-0.2, -0.15) is 0 Å². The van der Waals surface area contributed by atoms with Crippen LogP contribution in [-0.2, 0) is 4.74 Å². The van der Waals surface area contributed by atoms with Crippen LogP contribution >= 0.6 is 15.9 Å². The molecule has 1 saturated heterocycles. The molecule has 1 aromatic carbocycles. The van der Waals surface area contributed by atoms with E-state index in [1.165, 1.54) is 0 Å². The molecule has 0 aromatic heterocycles. The summed E-state index contributed by atoms with van der Waals surface area (Å²) in [5, 5.41) is 19.0. The summed E-state index contributed by atoms with van der Waals surface area (Å²) in [5.41, 5.74) is 1.64. The van der Waals surface area contributed by atoms with E-state index in [9.17, 15) is 10.2 Å². The van der Waals surface area contributed by atoms with Crippen LogP contribution in [0.2, 0.25) is 0 Å². The molecule has 0 radical (unpaired) electrons. The molecule has 1 fully saturated rings. The van der Waals surface area contributed by atoms with E-state index in [-0.39, 0.29) is 18.3 Å². The Bertz CT molecular complexity index is 476. The number of anilines is 1. The fourth-order valence-corrected chi connectivity index (χ4v) is 3.26. The number of morpholine rings is 1. The van der Waals surface area contributed by atoms with Crippen LogP contribution < -0.4 is 4.90 Å². The normalized spacial score (nSPS) is 23.7. The lowest BCUT2D eigenvalue weighted by molar-refractivity contribution is -0.101. The highest BCUT2D eigenvalue weighted by Gasteiger charge is 2.33. The van der Waals surface area contributed by atoms with Crippen LogP contribution in [0.4, 0.5) is 5.69 Å². The molecular weight excluding hydrogens is 322 g/mol. The van der Waals surface area contributed by atoms with Gasteiger partial charge in [0.05, 0.1) is 30.1 Å². The first kappa shape index (κ1) is 15.8. The molecule has 0 saturated carbocycles. The second-order valence-corrected chi connectivity index (χ2v) is 6.80.